The van der Waals surface area contributed by atoms with Gasteiger partial charge in [-0.05, 0) is 24.2 Å². The molecule has 1 nitrogen and oxygen atoms in total. The molecule has 2 unspecified atom stereocenters. The first-order valence-electron chi connectivity index (χ1n) is 26.6. The Morgan fingerprint density at radius 2 is 0.436 bits per heavy atom. The number of rotatable bonds is 47. The first kappa shape index (κ1) is 55.0. The van der Waals surface area contributed by atoms with Gasteiger partial charge in [0.05, 0.1) is 6.10 Å². The third-order valence-electron chi connectivity index (χ3n) is 13.5. The van der Waals surface area contributed by atoms with Crippen LogP contribution in [-0.2, 0) is 0 Å². The first-order valence-corrected chi connectivity index (χ1v) is 26.6. The maximum atomic E-state index is 10.4. The Kier molecular flexibility index (Phi) is 45.0. The van der Waals surface area contributed by atoms with E-state index < -0.39 is 0 Å². The summed E-state index contributed by atoms with van der Waals surface area (Å²) < 4.78 is 0. The lowest BCUT2D eigenvalue weighted by molar-refractivity contribution is 0.147. The molecule has 2 atom stereocenters. The molecule has 0 aromatic heterocycles. The summed E-state index contributed by atoms with van der Waals surface area (Å²) >= 11 is 0. The van der Waals surface area contributed by atoms with Crippen molar-refractivity contribution < 1.29 is 5.11 Å². The topological polar surface area (TPSA) is 20.2 Å². The zero-order chi connectivity index (χ0) is 40.2. The molecule has 0 amide bonds. The van der Waals surface area contributed by atoms with Crippen LogP contribution in [0.3, 0.4) is 0 Å². The fraction of sp³-hybridized carbons (Fsp3) is 1.00. The Bertz CT molecular complexity index is 677. The molecule has 0 fully saturated rings. The van der Waals surface area contributed by atoms with Gasteiger partial charge in [-0.25, -0.2) is 0 Å². The van der Waals surface area contributed by atoms with Gasteiger partial charge in [-0.2, -0.15) is 0 Å². The van der Waals surface area contributed by atoms with Gasteiger partial charge < -0.3 is 5.11 Å². The quantitative estimate of drug-likeness (QED) is 0.0611. The van der Waals surface area contributed by atoms with E-state index in [2.05, 4.69) is 34.6 Å². The molecule has 0 bridgehead atoms. The summed E-state index contributed by atoms with van der Waals surface area (Å²) in [5.41, 5.74) is 0.486. The Morgan fingerprint density at radius 3 is 0.618 bits per heavy atom. The molecule has 1 heteroatoms. The molecule has 1 N–H and O–H groups in total. The smallest absolute Gasteiger partial charge is 0.0540 e. The molecule has 332 valence electrons. The minimum Gasteiger partial charge on any atom is -0.393 e. The highest BCUT2D eigenvalue weighted by molar-refractivity contribution is 4.69. The highest BCUT2D eigenvalue weighted by Gasteiger charge is 2.18. The summed E-state index contributed by atoms with van der Waals surface area (Å²) in [7, 11) is 0. The zero-order valence-corrected chi connectivity index (χ0v) is 39.6. The second-order valence-electron chi connectivity index (χ2n) is 20.1. The largest absolute Gasteiger partial charge is 0.393 e. The number of hydrogen-bond donors (Lipinski definition) is 1. The number of unbranched alkanes of at least 4 members (excludes halogenated alkanes) is 41. The van der Waals surface area contributed by atoms with E-state index in [0.29, 0.717) is 5.41 Å². The van der Waals surface area contributed by atoms with Gasteiger partial charge in [-0.1, -0.05) is 317 Å². The van der Waals surface area contributed by atoms with E-state index >= 15 is 0 Å². The molecule has 0 aliphatic rings. The standard InChI is InChI=1S/C54H110O/c1-6-7-8-9-10-11-12-31-35-38-41-44-47-50-53(55)51-48-45-42-39-36-33-30-28-26-24-22-20-18-16-14-13-15-17-19-21-23-25-27-29-32-34-37-40-43-46-49-52(2)54(3,4)5/h52-53,55H,6-51H2,1-5H3. The van der Waals surface area contributed by atoms with Crippen LogP contribution in [0.15, 0.2) is 0 Å². The maximum absolute atomic E-state index is 10.4. The van der Waals surface area contributed by atoms with E-state index in [-0.39, 0.29) is 6.10 Å². The monoisotopic (exact) mass is 775 g/mol. The van der Waals surface area contributed by atoms with Gasteiger partial charge in [0.25, 0.3) is 0 Å². The molecule has 0 rings (SSSR count). The van der Waals surface area contributed by atoms with Gasteiger partial charge in [0.2, 0.25) is 0 Å². The summed E-state index contributed by atoms with van der Waals surface area (Å²) in [5, 5.41) is 10.4. The summed E-state index contributed by atoms with van der Waals surface area (Å²) in [6.07, 6.45) is 65.3. The third-order valence-corrected chi connectivity index (χ3v) is 13.5. The molecular weight excluding hydrogens is 665 g/mol. The molecule has 0 spiro atoms. The van der Waals surface area contributed by atoms with E-state index in [1.807, 2.05) is 0 Å². The summed E-state index contributed by atoms with van der Waals surface area (Å²) in [6, 6.07) is 0. The number of hydrogen-bond acceptors (Lipinski definition) is 1. The van der Waals surface area contributed by atoms with Crippen molar-refractivity contribution in [3.8, 4) is 0 Å². The molecule has 0 radical (unpaired) electrons. The van der Waals surface area contributed by atoms with E-state index in [4.69, 9.17) is 0 Å². The lowest BCUT2D eigenvalue weighted by Gasteiger charge is -2.27. The number of aliphatic hydroxyl groups excluding tert-OH is 1. The Balaban J connectivity index is 3.15. The average Bonchev–Trinajstić information content (AvgIpc) is 3.16. The molecule has 0 aromatic carbocycles. The summed E-state index contributed by atoms with van der Waals surface area (Å²) in [4.78, 5) is 0. The normalized spacial score (nSPS) is 13.2. The molecule has 0 saturated carbocycles. The average molecular weight is 775 g/mol. The second kappa shape index (κ2) is 45.1. The SMILES string of the molecule is CCCCCCCCCCCCCCCC(O)CCCCCCCCCCCCCCCCCCCCCCCCCCCCCCCCC(C)C(C)(C)C. The van der Waals surface area contributed by atoms with Gasteiger partial charge in [0, 0.05) is 0 Å². The fourth-order valence-corrected chi connectivity index (χ4v) is 8.76. The lowest BCUT2D eigenvalue weighted by Crippen LogP contribution is -2.16. The van der Waals surface area contributed by atoms with Crippen LogP contribution < -0.4 is 0 Å². The van der Waals surface area contributed by atoms with Crippen LogP contribution in [0, 0.1) is 11.3 Å². The Hall–Kier alpha value is -0.0400. The molecular formula is C54H110O. The van der Waals surface area contributed by atoms with Gasteiger partial charge in [-0.3, -0.25) is 0 Å². The summed E-state index contributed by atoms with van der Waals surface area (Å²) in [6.45, 7) is 11.9. The molecule has 0 saturated heterocycles. The highest BCUT2D eigenvalue weighted by Crippen LogP contribution is 2.30. The van der Waals surface area contributed by atoms with Crippen molar-refractivity contribution in [2.75, 3.05) is 0 Å². The Labute approximate surface area is 351 Å². The van der Waals surface area contributed by atoms with Crippen LogP contribution in [0.25, 0.3) is 0 Å². The molecule has 0 aromatic rings. The Morgan fingerprint density at radius 1 is 0.273 bits per heavy atom. The van der Waals surface area contributed by atoms with Crippen molar-refractivity contribution >= 4 is 0 Å². The van der Waals surface area contributed by atoms with Crippen molar-refractivity contribution in [1.82, 2.24) is 0 Å². The van der Waals surface area contributed by atoms with E-state index in [9.17, 15) is 5.11 Å². The lowest BCUT2D eigenvalue weighted by atomic mass is 9.79. The fourth-order valence-electron chi connectivity index (χ4n) is 8.76. The third kappa shape index (κ3) is 46.5. The van der Waals surface area contributed by atoms with E-state index in [1.165, 1.54) is 283 Å². The second-order valence-corrected chi connectivity index (χ2v) is 20.1. The van der Waals surface area contributed by atoms with Crippen LogP contribution in [0.5, 0.6) is 0 Å². The van der Waals surface area contributed by atoms with Crippen molar-refractivity contribution in [2.24, 2.45) is 11.3 Å². The summed E-state index contributed by atoms with van der Waals surface area (Å²) in [5.74, 6) is 0.857. The number of aliphatic hydroxyl groups is 1. The maximum Gasteiger partial charge on any atom is 0.0540 e. The van der Waals surface area contributed by atoms with Gasteiger partial charge in [-0.15, -0.1) is 0 Å². The zero-order valence-electron chi connectivity index (χ0n) is 39.6. The molecule has 0 heterocycles. The van der Waals surface area contributed by atoms with Crippen LogP contribution >= 0.6 is 0 Å². The van der Waals surface area contributed by atoms with Gasteiger partial charge in [0.1, 0.15) is 0 Å². The van der Waals surface area contributed by atoms with E-state index in [1.54, 1.807) is 0 Å². The first-order chi connectivity index (χ1) is 26.9. The van der Waals surface area contributed by atoms with Crippen molar-refractivity contribution in [1.29, 1.82) is 0 Å². The van der Waals surface area contributed by atoms with Crippen LogP contribution in [0.2, 0.25) is 0 Å². The molecule has 0 aliphatic carbocycles. The van der Waals surface area contributed by atoms with E-state index in [0.717, 1.165) is 18.8 Å². The van der Waals surface area contributed by atoms with Gasteiger partial charge in [0.15, 0.2) is 0 Å². The van der Waals surface area contributed by atoms with Crippen molar-refractivity contribution in [3.63, 3.8) is 0 Å². The van der Waals surface area contributed by atoms with Crippen molar-refractivity contribution in [2.45, 2.75) is 336 Å². The minimum atomic E-state index is -0.0372. The van der Waals surface area contributed by atoms with Crippen LogP contribution in [-0.4, -0.2) is 11.2 Å². The molecule has 55 heavy (non-hydrogen) atoms. The predicted molar refractivity (Wildman–Crippen MR) is 253 cm³/mol. The highest BCUT2D eigenvalue weighted by atomic mass is 16.3. The van der Waals surface area contributed by atoms with Crippen molar-refractivity contribution in [3.05, 3.63) is 0 Å². The van der Waals surface area contributed by atoms with Gasteiger partial charge >= 0.3 is 0 Å². The van der Waals surface area contributed by atoms with Crippen LogP contribution in [0.4, 0.5) is 0 Å². The van der Waals surface area contributed by atoms with Crippen LogP contribution in [0.1, 0.15) is 330 Å². The predicted octanol–water partition coefficient (Wildman–Crippen LogP) is 20.0. The minimum absolute atomic E-state index is 0.0372. The molecule has 0 aliphatic heterocycles.